The largest absolute Gasteiger partial charge is 0.441 e. The number of amides is 1. The van der Waals surface area contributed by atoms with Crippen molar-refractivity contribution >= 4 is 6.09 Å². The summed E-state index contributed by atoms with van der Waals surface area (Å²) in [6, 6.07) is 0. The van der Waals surface area contributed by atoms with Crippen LogP contribution < -0.4 is 5.43 Å². The zero-order chi connectivity index (χ0) is 10.0. The number of nitrogens with one attached hydrogen (secondary N) is 1. The van der Waals surface area contributed by atoms with E-state index in [1.54, 1.807) is 0 Å². The molecule has 1 heterocycles. The highest BCUT2D eigenvalue weighted by Gasteiger charge is 2.39. The van der Waals surface area contributed by atoms with Crippen LogP contribution in [0.3, 0.4) is 0 Å². The van der Waals surface area contributed by atoms with Gasteiger partial charge in [-0.05, 0) is 25.7 Å². The number of hydrogen-bond acceptors (Lipinski definition) is 3. The molecule has 4 heteroatoms. The van der Waals surface area contributed by atoms with E-state index in [1.165, 1.54) is 25.7 Å². The molecule has 0 bridgehead atoms. The van der Waals surface area contributed by atoms with E-state index in [0.717, 1.165) is 19.4 Å². The van der Waals surface area contributed by atoms with Crippen LogP contribution in [0.4, 0.5) is 4.79 Å². The Hall–Kier alpha value is -0.770. The minimum atomic E-state index is -0.291. The molecule has 2 aliphatic rings. The number of hydrazine groups is 1. The van der Waals surface area contributed by atoms with E-state index < -0.39 is 0 Å². The minimum absolute atomic E-state index is 0.201. The normalized spacial score (nSPS) is 27.9. The average Bonchev–Trinajstić information content (AvgIpc) is 2.28. The highest BCUT2D eigenvalue weighted by Crippen LogP contribution is 2.32. The van der Waals surface area contributed by atoms with E-state index in [4.69, 9.17) is 4.74 Å². The second-order valence-corrected chi connectivity index (χ2v) is 4.45. The second-order valence-electron chi connectivity index (χ2n) is 4.45. The highest BCUT2D eigenvalue weighted by molar-refractivity contribution is 5.67. The van der Waals surface area contributed by atoms with Crippen LogP contribution in [0.25, 0.3) is 0 Å². The number of nitrogens with zero attached hydrogens (tertiary/aromatic N) is 1. The Balaban J connectivity index is 2.07. The zero-order valence-electron chi connectivity index (χ0n) is 8.71. The molecule has 1 aliphatic carbocycles. The second kappa shape index (κ2) is 3.77. The molecule has 0 unspecified atom stereocenters. The molecule has 1 amide bonds. The third kappa shape index (κ3) is 2.00. The lowest BCUT2D eigenvalue weighted by Gasteiger charge is -2.40. The lowest BCUT2D eigenvalue weighted by atomic mass is 9.93. The van der Waals surface area contributed by atoms with Gasteiger partial charge in [-0.3, -0.25) is 5.43 Å². The first-order chi connectivity index (χ1) is 6.70. The fraction of sp³-hybridized carbons (Fsp3) is 0.900. The van der Waals surface area contributed by atoms with Crippen molar-refractivity contribution in [2.45, 2.75) is 44.1 Å². The summed E-state index contributed by atoms with van der Waals surface area (Å²) < 4.78 is 5.47. The van der Waals surface area contributed by atoms with Gasteiger partial charge in [-0.25, -0.2) is 9.80 Å². The molecular weight excluding hydrogens is 180 g/mol. The molecule has 14 heavy (non-hydrogen) atoms. The first kappa shape index (κ1) is 9.77. The first-order valence-corrected chi connectivity index (χ1v) is 5.41. The number of rotatable bonds is 0. The fourth-order valence-electron chi connectivity index (χ4n) is 2.51. The molecule has 1 spiro atoms. The monoisotopic (exact) mass is 198 g/mol. The van der Waals surface area contributed by atoms with E-state index in [-0.39, 0.29) is 11.7 Å². The van der Waals surface area contributed by atoms with Crippen molar-refractivity contribution < 1.29 is 9.53 Å². The summed E-state index contributed by atoms with van der Waals surface area (Å²) >= 11 is 0. The predicted octanol–water partition coefficient (Wildman–Crippen LogP) is 1.67. The molecule has 1 N–H and O–H groups in total. The molecule has 1 aliphatic heterocycles. The van der Waals surface area contributed by atoms with E-state index in [0.29, 0.717) is 0 Å². The molecular formula is C10H18N2O2. The quantitative estimate of drug-likeness (QED) is 0.643. The number of carbonyl (C=O) groups excluding carboxylic acids is 1. The minimum Gasteiger partial charge on any atom is -0.441 e. The van der Waals surface area contributed by atoms with Crippen LogP contribution >= 0.6 is 0 Å². The van der Waals surface area contributed by atoms with Crippen LogP contribution in [-0.2, 0) is 4.74 Å². The molecule has 2 rings (SSSR count). The van der Waals surface area contributed by atoms with Crippen molar-refractivity contribution in [3.63, 3.8) is 0 Å². The Morgan fingerprint density at radius 2 is 1.93 bits per heavy atom. The van der Waals surface area contributed by atoms with Crippen LogP contribution in [-0.4, -0.2) is 30.3 Å². The summed E-state index contributed by atoms with van der Waals surface area (Å²) in [4.78, 5) is 11.3. The van der Waals surface area contributed by atoms with E-state index in [2.05, 4.69) is 5.43 Å². The average molecular weight is 198 g/mol. The van der Waals surface area contributed by atoms with E-state index >= 15 is 0 Å². The Labute approximate surface area is 84.6 Å². The molecule has 0 aromatic rings. The predicted molar refractivity (Wildman–Crippen MR) is 52.7 cm³/mol. The van der Waals surface area contributed by atoms with Gasteiger partial charge >= 0.3 is 6.09 Å². The van der Waals surface area contributed by atoms with Crippen LogP contribution in [0.5, 0.6) is 0 Å². The number of ether oxygens (including phenoxy) is 1. The van der Waals surface area contributed by atoms with Crippen molar-refractivity contribution in [3.8, 4) is 0 Å². The maximum atomic E-state index is 11.3. The summed E-state index contributed by atoms with van der Waals surface area (Å²) in [6.07, 6.45) is 6.66. The summed E-state index contributed by atoms with van der Waals surface area (Å²) in [5.41, 5.74) is 2.44. The molecule has 0 aromatic carbocycles. The Morgan fingerprint density at radius 3 is 2.50 bits per heavy atom. The molecule has 0 atom stereocenters. The molecule has 1 saturated heterocycles. The number of hydrogen-bond donors (Lipinski definition) is 1. The van der Waals surface area contributed by atoms with Crippen molar-refractivity contribution in [3.05, 3.63) is 0 Å². The van der Waals surface area contributed by atoms with Crippen molar-refractivity contribution in [2.24, 2.45) is 0 Å². The molecule has 2 fully saturated rings. The third-order valence-electron chi connectivity index (χ3n) is 3.13. The summed E-state index contributed by atoms with van der Waals surface area (Å²) in [5.74, 6) is 0. The van der Waals surface area contributed by atoms with Gasteiger partial charge in [0.05, 0.1) is 6.54 Å². The van der Waals surface area contributed by atoms with Gasteiger partial charge in [0.1, 0.15) is 5.60 Å². The van der Waals surface area contributed by atoms with Crippen molar-refractivity contribution in [1.82, 2.24) is 10.4 Å². The van der Waals surface area contributed by atoms with Gasteiger partial charge in [0.2, 0.25) is 0 Å². The Kier molecular flexibility index (Phi) is 2.63. The number of carbonyl (C=O) groups is 1. The summed E-state index contributed by atoms with van der Waals surface area (Å²) in [6.45, 7) is 0.818. The van der Waals surface area contributed by atoms with Crippen LogP contribution in [0.15, 0.2) is 0 Å². The molecule has 0 radical (unpaired) electrons. The number of likely N-dealkylation sites (N-methyl/N-ethyl adjacent to an activating group) is 1. The lowest BCUT2D eigenvalue weighted by molar-refractivity contribution is -0.0684. The van der Waals surface area contributed by atoms with Crippen LogP contribution in [0.1, 0.15) is 38.5 Å². The van der Waals surface area contributed by atoms with E-state index in [1.807, 2.05) is 12.1 Å². The maximum Gasteiger partial charge on any atom is 0.422 e. The van der Waals surface area contributed by atoms with E-state index in [9.17, 15) is 4.79 Å². The third-order valence-corrected chi connectivity index (χ3v) is 3.13. The van der Waals surface area contributed by atoms with Gasteiger partial charge < -0.3 is 4.74 Å². The van der Waals surface area contributed by atoms with Crippen LogP contribution in [0, 0.1) is 0 Å². The summed E-state index contributed by atoms with van der Waals surface area (Å²) in [7, 11) is 1.90. The smallest absolute Gasteiger partial charge is 0.422 e. The van der Waals surface area contributed by atoms with Gasteiger partial charge in [-0.15, -0.1) is 0 Å². The Morgan fingerprint density at radius 1 is 1.29 bits per heavy atom. The first-order valence-electron chi connectivity index (χ1n) is 5.41. The van der Waals surface area contributed by atoms with Gasteiger partial charge in [-0.1, -0.05) is 12.8 Å². The zero-order valence-corrected chi connectivity index (χ0v) is 8.71. The fourth-order valence-corrected chi connectivity index (χ4v) is 2.51. The highest BCUT2D eigenvalue weighted by atomic mass is 16.6. The maximum absolute atomic E-state index is 11.3. The van der Waals surface area contributed by atoms with Crippen molar-refractivity contribution in [1.29, 1.82) is 0 Å². The molecule has 4 nitrogen and oxygen atoms in total. The SMILES string of the molecule is CN1CC2(CCCCCC2)OC(=O)N1. The van der Waals surface area contributed by atoms with Crippen molar-refractivity contribution in [2.75, 3.05) is 13.6 Å². The van der Waals surface area contributed by atoms with Gasteiger partial charge in [0, 0.05) is 7.05 Å². The molecule has 0 aromatic heterocycles. The van der Waals surface area contributed by atoms with Crippen LogP contribution in [0.2, 0.25) is 0 Å². The Bertz CT molecular complexity index is 222. The summed E-state index contributed by atoms with van der Waals surface area (Å²) in [5, 5.41) is 1.84. The lowest BCUT2D eigenvalue weighted by Crippen LogP contribution is -2.58. The van der Waals surface area contributed by atoms with Gasteiger partial charge in [0.25, 0.3) is 0 Å². The van der Waals surface area contributed by atoms with Gasteiger partial charge in [-0.2, -0.15) is 0 Å². The molecule has 80 valence electrons. The van der Waals surface area contributed by atoms with Gasteiger partial charge in [0.15, 0.2) is 0 Å². The standard InChI is InChI=1S/C10H18N2O2/c1-12-8-10(14-9(13)11-12)6-4-2-3-5-7-10/h2-8H2,1H3,(H,11,13). The molecule has 1 saturated carbocycles. The topological polar surface area (TPSA) is 41.6 Å².